The molecule has 0 aliphatic heterocycles. The van der Waals surface area contributed by atoms with Crippen LogP contribution in [0.3, 0.4) is 0 Å². The van der Waals surface area contributed by atoms with Gasteiger partial charge < -0.3 is 13.9 Å². The van der Waals surface area contributed by atoms with Gasteiger partial charge in [0.2, 0.25) is 0 Å². The van der Waals surface area contributed by atoms with Crippen molar-refractivity contribution in [1.29, 1.82) is 0 Å². The molecule has 11 aromatic rings. The summed E-state index contributed by atoms with van der Waals surface area (Å²) in [4.78, 5) is 2.36. The highest BCUT2D eigenvalue weighted by Gasteiger charge is 2.18. The van der Waals surface area contributed by atoms with Gasteiger partial charge in [-0.1, -0.05) is 140 Å². The third kappa shape index (κ3) is 5.13. The van der Waals surface area contributed by atoms with E-state index in [-0.39, 0.29) is 0 Å². The molecule has 0 amide bonds. The molecule has 0 unspecified atom stereocenters. The van der Waals surface area contributed by atoms with Crippen molar-refractivity contribution >= 4 is 71.6 Å². The lowest BCUT2D eigenvalue weighted by Gasteiger charge is -2.27. The molecule has 0 atom stereocenters. The Hall–Kier alpha value is -7.36. The van der Waals surface area contributed by atoms with E-state index in [0.29, 0.717) is 0 Å². The van der Waals surface area contributed by atoms with Crippen molar-refractivity contribution in [3.8, 4) is 27.9 Å². The van der Waals surface area contributed by atoms with Gasteiger partial charge in [0.1, 0.15) is 11.2 Å². The first-order valence-corrected chi connectivity index (χ1v) is 18.8. The first kappa shape index (κ1) is 31.2. The fourth-order valence-corrected chi connectivity index (χ4v) is 8.49. The first-order chi connectivity index (χ1) is 27.3. The Morgan fingerprint density at radius 1 is 0.364 bits per heavy atom. The van der Waals surface area contributed by atoms with Crippen LogP contribution >= 0.6 is 0 Å². The van der Waals surface area contributed by atoms with Gasteiger partial charge in [0, 0.05) is 44.3 Å². The molecule has 3 heteroatoms. The normalized spacial score (nSPS) is 11.6. The van der Waals surface area contributed by atoms with Gasteiger partial charge in [-0.3, -0.25) is 0 Å². The molecule has 9 aromatic carbocycles. The van der Waals surface area contributed by atoms with Gasteiger partial charge >= 0.3 is 0 Å². The van der Waals surface area contributed by atoms with E-state index in [4.69, 9.17) is 4.42 Å². The average molecular weight is 703 g/mol. The Labute approximate surface area is 318 Å². The second kappa shape index (κ2) is 12.6. The summed E-state index contributed by atoms with van der Waals surface area (Å²) in [5.41, 5.74) is 13.3. The predicted molar refractivity (Wildman–Crippen MR) is 231 cm³/mol. The predicted octanol–water partition coefficient (Wildman–Crippen LogP) is 14.6. The van der Waals surface area contributed by atoms with Crippen molar-refractivity contribution in [2.75, 3.05) is 4.90 Å². The zero-order valence-corrected chi connectivity index (χ0v) is 29.9. The van der Waals surface area contributed by atoms with E-state index >= 15 is 0 Å². The molecule has 11 rings (SSSR count). The molecule has 258 valence electrons. The van der Waals surface area contributed by atoms with Crippen LogP contribution in [0.5, 0.6) is 0 Å². The van der Waals surface area contributed by atoms with Crippen molar-refractivity contribution < 1.29 is 4.42 Å². The average Bonchev–Trinajstić information content (AvgIpc) is 3.80. The fourth-order valence-electron chi connectivity index (χ4n) is 8.49. The number of fused-ring (bicyclic) bond motifs is 7. The van der Waals surface area contributed by atoms with Crippen LogP contribution in [0, 0.1) is 0 Å². The highest BCUT2D eigenvalue weighted by atomic mass is 16.3. The number of benzene rings is 9. The van der Waals surface area contributed by atoms with Crippen LogP contribution in [-0.4, -0.2) is 4.57 Å². The standard InChI is InChI=1S/C52H34N2O/c1-2-16-42-35(12-1)13-9-20-43(42)36-26-30-38(31-27-36)53(39-32-28-37(29-33-39)44-21-11-25-51-52(44)47-19-5-8-24-50(47)55-51)40-14-10-15-41(34-40)54-48-22-6-3-17-45(48)46-18-4-7-23-49(46)54/h1-34H. The van der Waals surface area contributed by atoms with Crippen molar-refractivity contribution in [2.45, 2.75) is 0 Å². The van der Waals surface area contributed by atoms with E-state index in [9.17, 15) is 0 Å². The number of furan rings is 1. The molecule has 0 spiro atoms. The Kier molecular flexibility index (Phi) is 7.17. The lowest BCUT2D eigenvalue weighted by atomic mass is 9.98. The summed E-state index contributed by atoms with van der Waals surface area (Å²) in [6.07, 6.45) is 0. The highest BCUT2D eigenvalue weighted by molar-refractivity contribution is 6.12. The summed E-state index contributed by atoms with van der Waals surface area (Å²) in [6.45, 7) is 0. The summed E-state index contributed by atoms with van der Waals surface area (Å²) in [6, 6.07) is 74.0. The van der Waals surface area contributed by atoms with Crippen molar-refractivity contribution in [1.82, 2.24) is 4.57 Å². The largest absolute Gasteiger partial charge is 0.456 e. The molecule has 2 aromatic heterocycles. The Morgan fingerprint density at radius 2 is 0.891 bits per heavy atom. The van der Waals surface area contributed by atoms with E-state index in [2.05, 4.69) is 204 Å². The van der Waals surface area contributed by atoms with Crippen LogP contribution in [0.4, 0.5) is 17.1 Å². The highest BCUT2D eigenvalue weighted by Crippen LogP contribution is 2.41. The Bertz CT molecular complexity index is 3150. The van der Waals surface area contributed by atoms with Gasteiger partial charge in [0.25, 0.3) is 0 Å². The molecule has 0 aliphatic rings. The second-order valence-corrected chi connectivity index (χ2v) is 14.1. The van der Waals surface area contributed by atoms with Gasteiger partial charge in [0.15, 0.2) is 0 Å². The zero-order chi connectivity index (χ0) is 36.3. The summed E-state index contributed by atoms with van der Waals surface area (Å²) in [7, 11) is 0. The Balaban J connectivity index is 1.06. The van der Waals surface area contributed by atoms with Gasteiger partial charge in [-0.25, -0.2) is 0 Å². The van der Waals surface area contributed by atoms with Gasteiger partial charge in [-0.15, -0.1) is 0 Å². The van der Waals surface area contributed by atoms with E-state index in [1.54, 1.807) is 0 Å². The van der Waals surface area contributed by atoms with Crippen LogP contribution in [-0.2, 0) is 0 Å². The summed E-state index contributed by atoms with van der Waals surface area (Å²) in [5.74, 6) is 0. The molecule has 2 heterocycles. The molecule has 0 aliphatic carbocycles. The van der Waals surface area contributed by atoms with Gasteiger partial charge in [0.05, 0.1) is 11.0 Å². The topological polar surface area (TPSA) is 21.3 Å². The lowest BCUT2D eigenvalue weighted by molar-refractivity contribution is 0.669. The monoisotopic (exact) mass is 702 g/mol. The minimum Gasteiger partial charge on any atom is -0.456 e. The molecule has 0 radical (unpaired) electrons. The Morgan fingerprint density at radius 3 is 1.62 bits per heavy atom. The molecule has 0 bridgehead atoms. The third-order valence-corrected chi connectivity index (χ3v) is 11.0. The molecule has 0 saturated heterocycles. The van der Waals surface area contributed by atoms with Crippen LogP contribution in [0.15, 0.2) is 211 Å². The van der Waals surface area contributed by atoms with E-state index < -0.39 is 0 Å². The number of anilines is 3. The third-order valence-electron chi connectivity index (χ3n) is 11.0. The van der Waals surface area contributed by atoms with Gasteiger partial charge in [-0.05, 0) is 99.8 Å². The lowest BCUT2D eigenvalue weighted by Crippen LogP contribution is -2.10. The van der Waals surface area contributed by atoms with Crippen LogP contribution < -0.4 is 4.90 Å². The van der Waals surface area contributed by atoms with Crippen LogP contribution in [0.2, 0.25) is 0 Å². The zero-order valence-electron chi connectivity index (χ0n) is 29.9. The van der Waals surface area contributed by atoms with Crippen molar-refractivity contribution in [3.63, 3.8) is 0 Å². The number of nitrogens with zero attached hydrogens (tertiary/aromatic N) is 2. The summed E-state index contributed by atoms with van der Waals surface area (Å²) in [5, 5.41) is 7.27. The second-order valence-electron chi connectivity index (χ2n) is 14.1. The van der Waals surface area contributed by atoms with Crippen LogP contribution in [0.1, 0.15) is 0 Å². The summed E-state index contributed by atoms with van der Waals surface area (Å²) >= 11 is 0. The van der Waals surface area contributed by atoms with E-state index in [0.717, 1.165) is 55.8 Å². The first-order valence-electron chi connectivity index (χ1n) is 18.8. The minimum atomic E-state index is 0.901. The maximum Gasteiger partial charge on any atom is 0.136 e. The van der Waals surface area contributed by atoms with Gasteiger partial charge in [-0.2, -0.15) is 0 Å². The number of rotatable bonds is 6. The maximum absolute atomic E-state index is 6.24. The molecule has 55 heavy (non-hydrogen) atoms. The fraction of sp³-hybridized carbons (Fsp3) is 0. The molecule has 0 fully saturated rings. The minimum absolute atomic E-state index is 0.901. The SMILES string of the molecule is c1cc(N(c2ccc(-c3cccc4ccccc34)cc2)c2ccc(-c3cccc4oc5ccccc5c34)cc2)cc(-n2c3ccccc3c3ccccc32)c1. The van der Waals surface area contributed by atoms with Crippen LogP contribution in [0.25, 0.3) is 82.5 Å². The number of hydrogen-bond acceptors (Lipinski definition) is 2. The van der Waals surface area contributed by atoms with E-state index in [1.165, 1.54) is 43.7 Å². The molecule has 0 N–H and O–H groups in total. The number of hydrogen-bond donors (Lipinski definition) is 0. The van der Waals surface area contributed by atoms with Crippen molar-refractivity contribution in [3.05, 3.63) is 206 Å². The maximum atomic E-state index is 6.24. The molecule has 3 nitrogen and oxygen atoms in total. The number of aromatic nitrogens is 1. The smallest absolute Gasteiger partial charge is 0.136 e. The molecular formula is C52H34N2O. The quantitative estimate of drug-likeness (QED) is 0.172. The molecular weight excluding hydrogens is 669 g/mol. The number of para-hydroxylation sites is 3. The van der Waals surface area contributed by atoms with Crippen molar-refractivity contribution in [2.24, 2.45) is 0 Å². The molecule has 0 saturated carbocycles. The van der Waals surface area contributed by atoms with E-state index in [1.807, 2.05) is 12.1 Å². The summed E-state index contributed by atoms with van der Waals surface area (Å²) < 4.78 is 8.63.